The molecular weight excluding hydrogens is 328 g/mol. The van der Waals surface area contributed by atoms with Crippen LogP contribution in [0.4, 0.5) is 10.5 Å². The summed E-state index contributed by atoms with van der Waals surface area (Å²) in [5, 5.41) is 22.4. The van der Waals surface area contributed by atoms with Crippen molar-refractivity contribution >= 4 is 17.7 Å². The van der Waals surface area contributed by atoms with Gasteiger partial charge in [-0.3, -0.25) is 10.1 Å². The number of hydrogen-bond donors (Lipinski definition) is 2. The van der Waals surface area contributed by atoms with Crippen LogP contribution in [0.15, 0.2) is 48.5 Å². The summed E-state index contributed by atoms with van der Waals surface area (Å²) in [7, 11) is 0. The van der Waals surface area contributed by atoms with Gasteiger partial charge in [0.25, 0.3) is 5.69 Å². The van der Waals surface area contributed by atoms with Crippen LogP contribution in [0, 0.1) is 10.1 Å². The van der Waals surface area contributed by atoms with Gasteiger partial charge in [-0.05, 0) is 18.1 Å². The van der Waals surface area contributed by atoms with Gasteiger partial charge < -0.3 is 15.2 Å². The predicted molar refractivity (Wildman–Crippen MR) is 88.4 cm³/mol. The first kappa shape index (κ1) is 17.9. The molecule has 2 aromatic rings. The number of carboxylic acid groups (broad SMARTS) is 1. The first-order chi connectivity index (χ1) is 12.0. The third-order valence-corrected chi connectivity index (χ3v) is 3.41. The topological polar surface area (TPSA) is 119 Å². The molecule has 8 nitrogen and oxygen atoms in total. The molecule has 25 heavy (non-hydrogen) atoms. The normalized spacial score (nSPS) is 10.1. The molecule has 0 aromatic heterocycles. The Bertz CT molecular complexity index is 776. The van der Waals surface area contributed by atoms with Gasteiger partial charge in [0.1, 0.15) is 6.61 Å². The smallest absolute Gasteiger partial charge is 0.407 e. The summed E-state index contributed by atoms with van der Waals surface area (Å²) in [5.74, 6) is -1.24. The Balaban J connectivity index is 1.87. The number of nitro groups is 1. The Morgan fingerprint density at radius 1 is 1.16 bits per heavy atom. The van der Waals surface area contributed by atoms with Crippen LogP contribution in [-0.2, 0) is 17.8 Å². The average Bonchev–Trinajstić information content (AvgIpc) is 2.60. The Morgan fingerprint density at radius 2 is 1.88 bits per heavy atom. The molecule has 1 amide bonds. The highest BCUT2D eigenvalue weighted by molar-refractivity contribution is 5.88. The number of ether oxygens (including phenoxy) is 1. The summed E-state index contributed by atoms with van der Waals surface area (Å²) >= 11 is 0. The lowest BCUT2D eigenvalue weighted by atomic mass is 10.1. The fourth-order valence-electron chi connectivity index (χ4n) is 2.15. The van der Waals surface area contributed by atoms with Crippen molar-refractivity contribution < 1.29 is 24.4 Å². The lowest BCUT2D eigenvalue weighted by Gasteiger charge is -2.08. The van der Waals surface area contributed by atoms with Gasteiger partial charge in [0, 0.05) is 18.2 Å². The van der Waals surface area contributed by atoms with Crippen molar-refractivity contribution in [2.75, 3.05) is 6.54 Å². The van der Waals surface area contributed by atoms with Gasteiger partial charge >= 0.3 is 12.1 Å². The minimum absolute atomic E-state index is 0.125. The van der Waals surface area contributed by atoms with Crippen molar-refractivity contribution in [1.82, 2.24) is 5.32 Å². The number of carbonyl (C=O) groups is 2. The van der Waals surface area contributed by atoms with Gasteiger partial charge in [0.15, 0.2) is 0 Å². The van der Waals surface area contributed by atoms with Crippen molar-refractivity contribution in [3.05, 3.63) is 75.3 Å². The monoisotopic (exact) mass is 344 g/mol. The Labute approximate surface area is 143 Å². The third kappa shape index (κ3) is 5.31. The standard InChI is InChI=1S/C17H16N2O6/c20-16(21)14-7-6-13(15(10-14)19(23)24)8-9-18-17(22)25-11-12-4-2-1-3-5-12/h1-7,10H,8-9,11H2,(H,18,22)(H,20,21). The van der Waals surface area contributed by atoms with Crippen LogP contribution >= 0.6 is 0 Å². The van der Waals surface area contributed by atoms with E-state index in [1.165, 1.54) is 12.1 Å². The number of alkyl carbamates (subject to hydrolysis) is 1. The van der Waals surface area contributed by atoms with E-state index >= 15 is 0 Å². The summed E-state index contributed by atoms with van der Waals surface area (Å²) in [4.78, 5) is 32.9. The fourth-order valence-corrected chi connectivity index (χ4v) is 2.15. The second kappa shape index (κ2) is 8.44. The quantitative estimate of drug-likeness (QED) is 0.589. The Morgan fingerprint density at radius 3 is 2.52 bits per heavy atom. The number of rotatable bonds is 7. The summed E-state index contributed by atoms with van der Waals surface area (Å²) in [6, 6.07) is 12.8. The molecule has 0 aliphatic carbocycles. The fraction of sp³-hybridized carbons (Fsp3) is 0.176. The van der Waals surface area contributed by atoms with Crippen LogP contribution < -0.4 is 5.32 Å². The van der Waals surface area contributed by atoms with Gasteiger partial charge in [-0.15, -0.1) is 0 Å². The molecule has 2 rings (SSSR count). The molecule has 0 unspecified atom stereocenters. The third-order valence-electron chi connectivity index (χ3n) is 3.41. The molecule has 8 heteroatoms. The van der Waals surface area contributed by atoms with E-state index in [2.05, 4.69) is 5.32 Å². The van der Waals surface area contributed by atoms with Crippen LogP contribution in [-0.4, -0.2) is 28.6 Å². The molecule has 0 bridgehead atoms. The highest BCUT2D eigenvalue weighted by Gasteiger charge is 2.17. The Kier molecular flexibility index (Phi) is 6.05. The van der Waals surface area contributed by atoms with Crippen LogP contribution in [0.5, 0.6) is 0 Å². The van der Waals surface area contributed by atoms with Crippen molar-refractivity contribution in [1.29, 1.82) is 0 Å². The zero-order valence-electron chi connectivity index (χ0n) is 13.2. The number of amides is 1. The van der Waals surface area contributed by atoms with E-state index in [1.54, 1.807) is 0 Å². The molecule has 2 N–H and O–H groups in total. The van der Waals surface area contributed by atoms with E-state index in [-0.39, 0.29) is 30.8 Å². The number of nitrogens with zero attached hydrogens (tertiary/aromatic N) is 1. The van der Waals surface area contributed by atoms with Crippen molar-refractivity contribution in [2.45, 2.75) is 13.0 Å². The van der Waals surface area contributed by atoms with Gasteiger partial charge in [-0.25, -0.2) is 9.59 Å². The van der Waals surface area contributed by atoms with Crippen molar-refractivity contribution in [2.24, 2.45) is 0 Å². The van der Waals surface area contributed by atoms with E-state index in [9.17, 15) is 19.7 Å². The lowest BCUT2D eigenvalue weighted by Crippen LogP contribution is -2.26. The molecule has 0 atom stereocenters. The Hall–Kier alpha value is -3.42. The number of carboxylic acids is 1. The summed E-state index contributed by atoms with van der Waals surface area (Å²) < 4.78 is 5.03. The predicted octanol–water partition coefficient (Wildman–Crippen LogP) is 2.76. The largest absolute Gasteiger partial charge is 0.478 e. The molecule has 0 radical (unpaired) electrons. The molecule has 0 spiro atoms. The van der Waals surface area contributed by atoms with E-state index in [0.717, 1.165) is 11.6 Å². The molecule has 0 fully saturated rings. The average molecular weight is 344 g/mol. The summed E-state index contributed by atoms with van der Waals surface area (Å²) in [6.07, 6.45) is -0.454. The molecule has 2 aromatic carbocycles. The molecule has 130 valence electrons. The number of benzene rings is 2. The molecule has 0 aliphatic heterocycles. The zero-order valence-corrected chi connectivity index (χ0v) is 13.2. The van der Waals surface area contributed by atoms with Crippen molar-refractivity contribution in [3.8, 4) is 0 Å². The number of aromatic carboxylic acids is 1. The number of nitrogens with one attached hydrogen (secondary N) is 1. The van der Waals surface area contributed by atoms with E-state index in [4.69, 9.17) is 9.84 Å². The van der Waals surface area contributed by atoms with E-state index in [0.29, 0.717) is 5.56 Å². The van der Waals surface area contributed by atoms with Crippen LogP contribution in [0.3, 0.4) is 0 Å². The molecule has 0 saturated heterocycles. The second-order valence-electron chi connectivity index (χ2n) is 5.14. The van der Waals surface area contributed by atoms with Crippen LogP contribution in [0.1, 0.15) is 21.5 Å². The second-order valence-corrected chi connectivity index (χ2v) is 5.14. The number of carbonyl (C=O) groups excluding carboxylic acids is 1. The van der Waals surface area contributed by atoms with Crippen molar-refractivity contribution in [3.63, 3.8) is 0 Å². The minimum atomic E-state index is -1.24. The first-order valence-corrected chi connectivity index (χ1v) is 7.42. The first-order valence-electron chi connectivity index (χ1n) is 7.42. The maximum absolute atomic E-state index is 11.6. The van der Waals surface area contributed by atoms with Gasteiger partial charge in [-0.2, -0.15) is 0 Å². The maximum Gasteiger partial charge on any atom is 0.407 e. The number of nitro benzene ring substituents is 1. The van der Waals surface area contributed by atoms with Gasteiger partial charge in [0.05, 0.1) is 10.5 Å². The molecular formula is C17H16N2O6. The van der Waals surface area contributed by atoms with Gasteiger partial charge in [0.2, 0.25) is 0 Å². The molecule has 0 aliphatic rings. The summed E-state index contributed by atoms with van der Waals surface area (Å²) in [6.45, 7) is 0.251. The van der Waals surface area contributed by atoms with E-state index < -0.39 is 17.0 Å². The van der Waals surface area contributed by atoms with Crippen LogP contribution in [0.25, 0.3) is 0 Å². The minimum Gasteiger partial charge on any atom is -0.478 e. The van der Waals surface area contributed by atoms with Crippen LogP contribution in [0.2, 0.25) is 0 Å². The SMILES string of the molecule is O=C(NCCc1ccc(C(=O)O)cc1[N+](=O)[O-])OCc1ccccc1. The zero-order chi connectivity index (χ0) is 18.2. The highest BCUT2D eigenvalue weighted by atomic mass is 16.6. The van der Waals surface area contributed by atoms with Gasteiger partial charge in [-0.1, -0.05) is 36.4 Å². The molecule has 0 saturated carbocycles. The molecule has 0 heterocycles. The maximum atomic E-state index is 11.6. The number of hydrogen-bond acceptors (Lipinski definition) is 5. The highest BCUT2D eigenvalue weighted by Crippen LogP contribution is 2.20. The summed E-state index contributed by atoms with van der Waals surface area (Å²) in [5.41, 5.74) is 0.723. The lowest BCUT2D eigenvalue weighted by molar-refractivity contribution is -0.385. The van der Waals surface area contributed by atoms with E-state index in [1.807, 2.05) is 30.3 Å².